The largest absolute Gasteiger partial charge is 0.496 e. The van der Waals surface area contributed by atoms with Crippen LogP contribution in [0.1, 0.15) is 22.8 Å². The van der Waals surface area contributed by atoms with E-state index in [1.807, 2.05) is 30.3 Å². The van der Waals surface area contributed by atoms with Crippen molar-refractivity contribution in [3.63, 3.8) is 0 Å². The molecule has 0 amide bonds. The molecule has 5 heteroatoms. The van der Waals surface area contributed by atoms with E-state index in [-0.39, 0.29) is 5.78 Å². The Bertz CT molecular complexity index is 738. The van der Waals surface area contributed by atoms with E-state index >= 15 is 0 Å². The lowest BCUT2D eigenvalue weighted by molar-refractivity contribution is 0.101. The summed E-state index contributed by atoms with van der Waals surface area (Å²) in [4.78, 5) is 16.2. The van der Waals surface area contributed by atoms with Crippen LogP contribution in [0.4, 0.5) is 5.69 Å². The van der Waals surface area contributed by atoms with Crippen LogP contribution in [-0.2, 0) is 6.54 Å². The summed E-state index contributed by atoms with van der Waals surface area (Å²) in [6.07, 6.45) is 0. The van der Waals surface area contributed by atoms with E-state index in [1.54, 1.807) is 14.0 Å². The number of ketones is 1. The highest BCUT2D eigenvalue weighted by Crippen LogP contribution is 2.26. The molecule has 2 aromatic carbocycles. The number of nitrogens with zero attached hydrogens (tertiary/aromatic N) is 2. The predicted octanol–water partition coefficient (Wildman–Crippen LogP) is 3.98. The van der Waals surface area contributed by atoms with E-state index in [4.69, 9.17) is 4.74 Å². The second-order valence-corrected chi connectivity index (χ2v) is 7.19. The molecule has 25 heavy (non-hydrogen) atoms. The smallest absolute Gasteiger partial charge is 0.159 e. The van der Waals surface area contributed by atoms with E-state index < -0.39 is 0 Å². The van der Waals surface area contributed by atoms with Gasteiger partial charge in [0, 0.05) is 44.0 Å². The molecule has 0 N–H and O–H groups in total. The van der Waals surface area contributed by atoms with Gasteiger partial charge < -0.3 is 9.64 Å². The van der Waals surface area contributed by atoms with Crippen molar-refractivity contribution < 1.29 is 9.53 Å². The molecule has 1 saturated heterocycles. The molecule has 1 fully saturated rings. The maximum absolute atomic E-state index is 11.4. The summed E-state index contributed by atoms with van der Waals surface area (Å²) in [5.74, 6) is 0.976. The molecular weight excluding hydrogens is 380 g/mol. The Morgan fingerprint density at radius 1 is 1.08 bits per heavy atom. The van der Waals surface area contributed by atoms with Crippen molar-refractivity contribution in [1.82, 2.24) is 4.90 Å². The number of hydrogen-bond donors (Lipinski definition) is 0. The minimum Gasteiger partial charge on any atom is -0.496 e. The van der Waals surface area contributed by atoms with Crippen LogP contribution in [0.15, 0.2) is 46.9 Å². The lowest BCUT2D eigenvalue weighted by atomic mass is 10.1. The summed E-state index contributed by atoms with van der Waals surface area (Å²) in [6, 6.07) is 14.2. The van der Waals surface area contributed by atoms with E-state index in [0.717, 1.165) is 48.5 Å². The van der Waals surface area contributed by atoms with Gasteiger partial charge in [0.2, 0.25) is 0 Å². The summed E-state index contributed by atoms with van der Waals surface area (Å²) < 4.78 is 6.28. The van der Waals surface area contributed by atoms with Crippen LogP contribution in [0, 0.1) is 0 Å². The van der Waals surface area contributed by atoms with Crippen molar-refractivity contribution in [1.29, 1.82) is 0 Å². The molecular formula is C20H23BrN2O2. The Balaban J connectivity index is 1.56. The molecule has 4 nitrogen and oxygen atoms in total. The van der Waals surface area contributed by atoms with Crippen molar-refractivity contribution in [2.75, 3.05) is 38.2 Å². The fourth-order valence-corrected chi connectivity index (χ4v) is 3.73. The number of hydrogen-bond acceptors (Lipinski definition) is 4. The first kappa shape index (κ1) is 18.0. The Morgan fingerprint density at radius 2 is 1.76 bits per heavy atom. The fourth-order valence-electron chi connectivity index (χ4n) is 3.14. The van der Waals surface area contributed by atoms with E-state index in [1.165, 1.54) is 11.3 Å². The number of piperazine rings is 1. The van der Waals surface area contributed by atoms with Crippen LogP contribution < -0.4 is 9.64 Å². The summed E-state index contributed by atoms with van der Waals surface area (Å²) >= 11 is 3.55. The topological polar surface area (TPSA) is 32.8 Å². The predicted molar refractivity (Wildman–Crippen MR) is 105 cm³/mol. The fraction of sp³-hybridized carbons (Fsp3) is 0.350. The number of anilines is 1. The van der Waals surface area contributed by atoms with Crippen molar-refractivity contribution in [3.8, 4) is 5.75 Å². The summed E-state index contributed by atoms with van der Waals surface area (Å²) in [5.41, 5.74) is 3.25. The van der Waals surface area contributed by atoms with Gasteiger partial charge in [-0.3, -0.25) is 9.69 Å². The highest BCUT2D eigenvalue weighted by atomic mass is 79.9. The summed E-state index contributed by atoms with van der Waals surface area (Å²) in [5, 5.41) is 0. The lowest BCUT2D eigenvalue weighted by Gasteiger charge is -2.36. The number of rotatable bonds is 5. The Kier molecular flexibility index (Phi) is 5.76. The number of benzene rings is 2. The third-order valence-electron chi connectivity index (χ3n) is 4.63. The quantitative estimate of drug-likeness (QED) is 0.707. The minimum absolute atomic E-state index is 0.113. The number of methoxy groups -OCH3 is 1. The van der Waals surface area contributed by atoms with Crippen molar-refractivity contribution >= 4 is 27.4 Å². The minimum atomic E-state index is 0.113. The molecule has 1 aliphatic heterocycles. The average Bonchev–Trinajstić information content (AvgIpc) is 2.63. The van der Waals surface area contributed by atoms with Gasteiger partial charge in [0.25, 0.3) is 0 Å². The molecule has 0 radical (unpaired) electrons. The average molecular weight is 403 g/mol. The van der Waals surface area contributed by atoms with Gasteiger partial charge in [0.1, 0.15) is 5.75 Å². The second kappa shape index (κ2) is 8.02. The van der Waals surface area contributed by atoms with Crippen LogP contribution in [0.2, 0.25) is 0 Å². The molecule has 132 valence electrons. The van der Waals surface area contributed by atoms with Crippen LogP contribution in [-0.4, -0.2) is 44.0 Å². The molecule has 1 heterocycles. The first-order valence-electron chi connectivity index (χ1n) is 8.47. The second-order valence-electron chi connectivity index (χ2n) is 6.34. The third kappa shape index (κ3) is 4.41. The molecule has 3 rings (SSSR count). The Hall–Kier alpha value is -1.85. The van der Waals surface area contributed by atoms with E-state index in [2.05, 4.69) is 37.9 Å². The highest BCUT2D eigenvalue weighted by molar-refractivity contribution is 9.10. The third-order valence-corrected chi connectivity index (χ3v) is 5.25. The Labute approximate surface area is 157 Å². The molecule has 0 saturated carbocycles. The molecule has 0 atom stereocenters. The first-order valence-corrected chi connectivity index (χ1v) is 9.27. The van der Waals surface area contributed by atoms with E-state index in [9.17, 15) is 4.79 Å². The normalized spacial score (nSPS) is 15.2. The van der Waals surface area contributed by atoms with Crippen molar-refractivity contribution in [2.45, 2.75) is 13.5 Å². The van der Waals surface area contributed by atoms with Gasteiger partial charge in [-0.15, -0.1) is 0 Å². The highest BCUT2D eigenvalue weighted by Gasteiger charge is 2.18. The lowest BCUT2D eigenvalue weighted by Crippen LogP contribution is -2.45. The number of ether oxygens (including phenoxy) is 1. The van der Waals surface area contributed by atoms with Gasteiger partial charge in [-0.05, 0) is 64.8 Å². The number of halogens is 1. The van der Waals surface area contributed by atoms with Crippen molar-refractivity contribution in [2.24, 2.45) is 0 Å². The number of carbonyl (C=O) groups is 1. The Morgan fingerprint density at radius 3 is 2.32 bits per heavy atom. The summed E-state index contributed by atoms with van der Waals surface area (Å²) in [6.45, 7) is 6.59. The first-order chi connectivity index (χ1) is 12.1. The monoisotopic (exact) mass is 402 g/mol. The zero-order valence-electron chi connectivity index (χ0n) is 14.7. The van der Waals surface area contributed by atoms with Crippen LogP contribution in [0.25, 0.3) is 0 Å². The molecule has 0 bridgehead atoms. The van der Waals surface area contributed by atoms with Crippen LogP contribution in [0.5, 0.6) is 5.75 Å². The molecule has 0 aliphatic carbocycles. The van der Waals surface area contributed by atoms with Gasteiger partial charge in [-0.25, -0.2) is 0 Å². The van der Waals surface area contributed by atoms with Gasteiger partial charge in [0.15, 0.2) is 5.78 Å². The maximum Gasteiger partial charge on any atom is 0.159 e. The zero-order chi connectivity index (χ0) is 17.8. The molecule has 0 spiro atoms. The van der Waals surface area contributed by atoms with Gasteiger partial charge >= 0.3 is 0 Å². The van der Waals surface area contributed by atoms with Gasteiger partial charge in [-0.1, -0.05) is 6.07 Å². The van der Waals surface area contributed by atoms with Crippen LogP contribution in [0.3, 0.4) is 0 Å². The van der Waals surface area contributed by atoms with Gasteiger partial charge in [0.05, 0.1) is 11.6 Å². The van der Waals surface area contributed by atoms with E-state index in [0.29, 0.717) is 0 Å². The standard InChI is InChI=1S/C20H23BrN2O2/c1-15(24)17-4-6-18(7-5-17)23-11-9-22(10-12-23)14-16-3-8-20(25-2)19(21)13-16/h3-8,13H,9-12,14H2,1-2H3. The SMILES string of the molecule is COc1ccc(CN2CCN(c3ccc(C(C)=O)cc3)CC2)cc1Br. The number of carbonyl (C=O) groups excluding carboxylic acids is 1. The summed E-state index contributed by atoms with van der Waals surface area (Å²) in [7, 11) is 1.68. The zero-order valence-corrected chi connectivity index (χ0v) is 16.3. The van der Waals surface area contributed by atoms with Gasteiger partial charge in [-0.2, -0.15) is 0 Å². The number of Topliss-reactive ketones (excluding diaryl/α,β-unsaturated/α-hetero) is 1. The molecule has 2 aromatic rings. The van der Waals surface area contributed by atoms with Crippen molar-refractivity contribution in [3.05, 3.63) is 58.1 Å². The maximum atomic E-state index is 11.4. The van der Waals surface area contributed by atoms with Crippen LogP contribution >= 0.6 is 15.9 Å². The molecule has 0 aromatic heterocycles. The molecule has 1 aliphatic rings. The molecule has 0 unspecified atom stereocenters.